The fourth-order valence-electron chi connectivity index (χ4n) is 3.97. The SMILES string of the molecule is COCCCN1C(=O)NC(c2ccc(C)c(C)c2)C(c2nc(-c3cccc(F)c3)no2)=C1C. The third-order valence-corrected chi connectivity index (χ3v) is 5.93. The Morgan fingerprint density at radius 2 is 1.97 bits per heavy atom. The van der Waals surface area contributed by atoms with Crippen molar-refractivity contribution in [2.45, 2.75) is 33.2 Å². The van der Waals surface area contributed by atoms with Crippen LogP contribution in [0.5, 0.6) is 0 Å². The van der Waals surface area contributed by atoms with Gasteiger partial charge >= 0.3 is 6.03 Å². The van der Waals surface area contributed by atoms with E-state index in [2.05, 4.69) is 21.5 Å². The Hall–Kier alpha value is -3.52. The Labute approximate surface area is 192 Å². The van der Waals surface area contributed by atoms with E-state index in [0.29, 0.717) is 30.7 Å². The van der Waals surface area contributed by atoms with Crippen LogP contribution in [-0.4, -0.2) is 41.3 Å². The Bertz CT molecular complexity index is 1200. The van der Waals surface area contributed by atoms with Gasteiger partial charge in [-0.15, -0.1) is 0 Å². The number of carbonyl (C=O) groups excluding carboxylic acids is 1. The highest BCUT2D eigenvalue weighted by Gasteiger charge is 2.35. The maximum atomic E-state index is 13.7. The molecule has 172 valence electrons. The van der Waals surface area contributed by atoms with E-state index in [0.717, 1.165) is 22.4 Å². The first-order valence-electron chi connectivity index (χ1n) is 10.8. The third-order valence-electron chi connectivity index (χ3n) is 5.93. The summed E-state index contributed by atoms with van der Waals surface area (Å²) in [4.78, 5) is 19.2. The van der Waals surface area contributed by atoms with Crippen LogP contribution in [0.2, 0.25) is 0 Å². The molecule has 8 heteroatoms. The molecule has 1 aliphatic rings. The van der Waals surface area contributed by atoms with Gasteiger partial charge in [-0.1, -0.05) is 35.5 Å². The number of rotatable bonds is 7. The predicted molar refractivity (Wildman–Crippen MR) is 123 cm³/mol. The number of amides is 2. The van der Waals surface area contributed by atoms with Gasteiger partial charge in [0.05, 0.1) is 11.6 Å². The number of ether oxygens (including phenoxy) is 1. The van der Waals surface area contributed by atoms with Crippen LogP contribution in [0, 0.1) is 19.7 Å². The lowest BCUT2D eigenvalue weighted by atomic mass is 9.92. The van der Waals surface area contributed by atoms with Gasteiger partial charge in [0.2, 0.25) is 5.82 Å². The molecule has 0 aliphatic carbocycles. The van der Waals surface area contributed by atoms with Crippen molar-refractivity contribution in [1.82, 2.24) is 20.4 Å². The summed E-state index contributed by atoms with van der Waals surface area (Å²) in [5.41, 5.74) is 5.16. The smallest absolute Gasteiger partial charge is 0.322 e. The number of methoxy groups -OCH3 is 1. The van der Waals surface area contributed by atoms with Gasteiger partial charge in [-0.2, -0.15) is 4.98 Å². The van der Waals surface area contributed by atoms with Crippen LogP contribution in [-0.2, 0) is 4.74 Å². The third kappa shape index (κ3) is 4.66. The molecule has 1 atom stereocenters. The number of aromatic nitrogens is 2. The second-order valence-corrected chi connectivity index (χ2v) is 8.16. The van der Waals surface area contributed by atoms with Gasteiger partial charge in [-0.3, -0.25) is 4.90 Å². The molecule has 2 aromatic carbocycles. The molecule has 1 N–H and O–H groups in total. The minimum Gasteiger partial charge on any atom is -0.385 e. The molecule has 2 amide bonds. The topological polar surface area (TPSA) is 80.5 Å². The zero-order valence-electron chi connectivity index (χ0n) is 19.2. The highest BCUT2D eigenvalue weighted by molar-refractivity contribution is 5.87. The van der Waals surface area contributed by atoms with E-state index in [-0.39, 0.29) is 23.6 Å². The number of halogens is 1. The first-order chi connectivity index (χ1) is 15.9. The van der Waals surface area contributed by atoms with Gasteiger partial charge in [-0.25, -0.2) is 9.18 Å². The molecular weight excluding hydrogens is 423 g/mol. The van der Waals surface area contributed by atoms with Gasteiger partial charge in [0.1, 0.15) is 5.82 Å². The number of carbonyl (C=O) groups is 1. The Kier molecular flexibility index (Phi) is 6.55. The van der Waals surface area contributed by atoms with Crippen molar-refractivity contribution in [2.75, 3.05) is 20.3 Å². The molecule has 7 nitrogen and oxygen atoms in total. The van der Waals surface area contributed by atoms with Crippen LogP contribution in [0.3, 0.4) is 0 Å². The van der Waals surface area contributed by atoms with Crippen molar-refractivity contribution in [3.8, 4) is 11.4 Å². The van der Waals surface area contributed by atoms with E-state index in [1.54, 1.807) is 24.1 Å². The van der Waals surface area contributed by atoms with Crippen LogP contribution in [0.4, 0.5) is 9.18 Å². The monoisotopic (exact) mass is 450 g/mol. The van der Waals surface area contributed by atoms with Crippen LogP contribution >= 0.6 is 0 Å². The summed E-state index contributed by atoms with van der Waals surface area (Å²) >= 11 is 0. The molecule has 1 aromatic heterocycles. The lowest BCUT2D eigenvalue weighted by Crippen LogP contribution is -2.46. The fraction of sp³-hybridized carbons (Fsp3) is 0.320. The largest absolute Gasteiger partial charge is 0.385 e. The molecule has 1 unspecified atom stereocenters. The second kappa shape index (κ2) is 9.54. The first-order valence-corrected chi connectivity index (χ1v) is 10.8. The summed E-state index contributed by atoms with van der Waals surface area (Å²) in [6, 6.07) is 11.5. The molecule has 0 spiro atoms. The van der Waals surface area contributed by atoms with Crippen LogP contribution < -0.4 is 5.32 Å². The van der Waals surface area contributed by atoms with Crippen molar-refractivity contribution < 1.29 is 18.4 Å². The van der Waals surface area contributed by atoms with Crippen LogP contribution in [0.1, 0.15) is 42.0 Å². The van der Waals surface area contributed by atoms with E-state index in [9.17, 15) is 9.18 Å². The maximum absolute atomic E-state index is 13.7. The Morgan fingerprint density at radius 3 is 2.70 bits per heavy atom. The van der Waals surface area contributed by atoms with Crippen LogP contribution in [0.15, 0.2) is 52.7 Å². The van der Waals surface area contributed by atoms with Crippen molar-refractivity contribution in [3.05, 3.63) is 76.6 Å². The lowest BCUT2D eigenvalue weighted by molar-refractivity contribution is 0.174. The second-order valence-electron chi connectivity index (χ2n) is 8.16. The summed E-state index contributed by atoms with van der Waals surface area (Å²) < 4.78 is 24.5. The molecule has 0 fully saturated rings. The molecule has 0 saturated carbocycles. The molecule has 1 aliphatic heterocycles. The van der Waals surface area contributed by atoms with Gasteiger partial charge in [0.15, 0.2) is 0 Å². The molecule has 0 radical (unpaired) electrons. The van der Waals surface area contributed by atoms with E-state index in [1.807, 2.05) is 32.9 Å². The molecular formula is C25H27FN4O3. The average Bonchev–Trinajstić information content (AvgIpc) is 3.27. The molecule has 4 rings (SSSR count). The molecule has 0 saturated heterocycles. The highest BCUT2D eigenvalue weighted by Crippen LogP contribution is 2.37. The number of hydrogen-bond donors (Lipinski definition) is 1. The molecule has 0 bridgehead atoms. The van der Waals surface area contributed by atoms with Gasteiger partial charge < -0.3 is 14.6 Å². The number of nitrogens with zero attached hydrogens (tertiary/aromatic N) is 3. The Balaban J connectivity index is 1.79. The number of aryl methyl sites for hydroxylation is 2. The van der Waals surface area contributed by atoms with Crippen LogP contribution in [0.25, 0.3) is 17.0 Å². The van der Waals surface area contributed by atoms with Crippen molar-refractivity contribution in [2.24, 2.45) is 0 Å². The summed E-state index contributed by atoms with van der Waals surface area (Å²) in [5.74, 6) is 0.190. The summed E-state index contributed by atoms with van der Waals surface area (Å²) in [6.07, 6.45) is 0.682. The minimum absolute atomic E-state index is 0.194. The van der Waals surface area contributed by atoms with E-state index < -0.39 is 6.04 Å². The van der Waals surface area contributed by atoms with Gasteiger partial charge in [0, 0.05) is 31.5 Å². The van der Waals surface area contributed by atoms with E-state index >= 15 is 0 Å². The molecule has 3 aromatic rings. The fourth-order valence-corrected chi connectivity index (χ4v) is 3.97. The van der Waals surface area contributed by atoms with E-state index in [1.165, 1.54) is 12.1 Å². The minimum atomic E-state index is -0.462. The standard InChI is InChI=1S/C25H27FN4O3/c1-15-9-10-18(13-16(15)2)22-21(17(3)30(25(31)27-22)11-6-12-32-4)24-28-23(29-33-24)19-7-5-8-20(26)14-19/h5,7-10,13-14,22H,6,11-12H2,1-4H3,(H,27,31). The Morgan fingerprint density at radius 1 is 1.15 bits per heavy atom. The van der Waals surface area contributed by atoms with Gasteiger partial charge in [-0.05, 0) is 56.0 Å². The number of hydrogen-bond acceptors (Lipinski definition) is 5. The molecule has 2 heterocycles. The van der Waals surface area contributed by atoms with Gasteiger partial charge in [0.25, 0.3) is 5.89 Å². The maximum Gasteiger partial charge on any atom is 0.322 e. The number of urea groups is 1. The zero-order valence-corrected chi connectivity index (χ0v) is 19.2. The molecule has 33 heavy (non-hydrogen) atoms. The van der Waals surface area contributed by atoms with Crippen molar-refractivity contribution >= 4 is 11.6 Å². The average molecular weight is 451 g/mol. The number of allylic oxidation sites excluding steroid dienone is 1. The van der Waals surface area contributed by atoms with E-state index in [4.69, 9.17) is 9.26 Å². The van der Waals surface area contributed by atoms with Crippen molar-refractivity contribution in [1.29, 1.82) is 0 Å². The quantitative estimate of drug-likeness (QED) is 0.511. The highest BCUT2D eigenvalue weighted by atomic mass is 19.1. The van der Waals surface area contributed by atoms with Crippen molar-refractivity contribution in [3.63, 3.8) is 0 Å². The normalized spacial score (nSPS) is 16.3. The summed E-state index contributed by atoms with van der Waals surface area (Å²) in [6.45, 7) is 6.98. The summed E-state index contributed by atoms with van der Waals surface area (Å²) in [5, 5.41) is 7.17. The summed E-state index contributed by atoms with van der Waals surface area (Å²) in [7, 11) is 1.63. The zero-order chi connectivity index (χ0) is 23.5. The predicted octanol–water partition coefficient (Wildman–Crippen LogP) is 5.03. The number of nitrogens with one attached hydrogen (secondary N) is 1. The number of benzene rings is 2. The lowest BCUT2D eigenvalue weighted by Gasteiger charge is -2.35. The first kappa shape index (κ1) is 22.7.